The van der Waals surface area contributed by atoms with E-state index >= 15 is 0 Å². The van der Waals surface area contributed by atoms with Gasteiger partial charge in [0.2, 0.25) is 0 Å². The number of amides is 2. The first kappa shape index (κ1) is 22.6. The highest BCUT2D eigenvalue weighted by Crippen LogP contribution is 2.32. The quantitative estimate of drug-likeness (QED) is 0.447. The second-order valence-electron chi connectivity index (χ2n) is 7.58. The Labute approximate surface area is 195 Å². The maximum atomic E-state index is 12.1. The van der Waals surface area contributed by atoms with Crippen LogP contribution in [-0.2, 0) is 6.54 Å². The van der Waals surface area contributed by atoms with Gasteiger partial charge in [0.1, 0.15) is 5.69 Å². The molecule has 0 saturated carbocycles. The van der Waals surface area contributed by atoms with Crippen LogP contribution in [0.4, 0.5) is 4.79 Å². The Morgan fingerprint density at radius 1 is 1.00 bits per heavy atom. The highest BCUT2D eigenvalue weighted by Gasteiger charge is 2.20. The van der Waals surface area contributed by atoms with Gasteiger partial charge >= 0.3 is 6.09 Å². The molecule has 0 atom stereocenters. The standard InChI is InChI=1S/C24H22N6O4/c1-30(2)23(31)17-9-7-16(8-10-17)19-13-27-22(33-24(26)32)21(28-19)20-11-18(29-34-20)15-5-3-14(12-25)4-6-15/h3-11,13H,12,25H2,1-2H3,(H2,26,32). The van der Waals surface area contributed by atoms with E-state index < -0.39 is 6.09 Å². The van der Waals surface area contributed by atoms with Crippen LogP contribution in [-0.4, -0.2) is 46.1 Å². The van der Waals surface area contributed by atoms with Crippen LogP contribution in [0.1, 0.15) is 15.9 Å². The number of nitrogens with two attached hydrogens (primary N) is 2. The van der Waals surface area contributed by atoms with Gasteiger partial charge in [-0.15, -0.1) is 0 Å². The molecule has 2 amide bonds. The maximum absolute atomic E-state index is 12.1. The number of hydrogen-bond acceptors (Lipinski definition) is 8. The van der Waals surface area contributed by atoms with Crippen molar-refractivity contribution in [3.8, 4) is 39.8 Å². The van der Waals surface area contributed by atoms with Gasteiger partial charge in [-0.25, -0.2) is 14.8 Å². The number of carbonyl (C=O) groups excluding carboxylic acids is 2. The summed E-state index contributed by atoms with van der Waals surface area (Å²) in [7, 11) is 3.37. The monoisotopic (exact) mass is 458 g/mol. The van der Waals surface area contributed by atoms with E-state index in [0.29, 0.717) is 29.1 Å². The lowest BCUT2D eigenvalue weighted by Gasteiger charge is -2.11. The molecule has 0 unspecified atom stereocenters. The first-order valence-electron chi connectivity index (χ1n) is 10.3. The predicted molar refractivity (Wildman–Crippen MR) is 125 cm³/mol. The molecule has 172 valence electrons. The minimum Gasteiger partial charge on any atom is -0.389 e. The van der Waals surface area contributed by atoms with Crippen molar-refractivity contribution in [3.05, 3.63) is 71.9 Å². The topological polar surface area (TPSA) is 150 Å². The molecule has 0 radical (unpaired) electrons. The van der Waals surface area contributed by atoms with Gasteiger partial charge in [0.25, 0.3) is 11.8 Å². The molecule has 0 aliphatic carbocycles. The minimum absolute atomic E-state index is 0.114. The van der Waals surface area contributed by atoms with E-state index in [4.69, 9.17) is 20.7 Å². The summed E-state index contributed by atoms with van der Waals surface area (Å²) < 4.78 is 10.5. The van der Waals surface area contributed by atoms with Crippen molar-refractivity contribution in [2.24, 2.45) is 11.5 Å². The summed E-state index contributed by atoms with van der Waals surface area (Å²) in [5, 5.41) is 4.10. The molecule has 0 saturated heterocycles. The number of ether oxygens (including phenoxy) is 1. The lowest BCUT2D eigenvalue weighted by Crippen LogP contribution is -2.21. The molecule has 0 aliphatic rings. The number of primary amides is 1. The van der Waals surface area contributed by atoms with E-state index in [1.165, 1.54) is 11.1 Å². The van der Waals surface area contributed by atoms with Gasteiger partial charge in [0.05, 0.1) is 11.9 Å². The molecule has 0 spiro atoms. The first-order chi connectivity index (χ1) is 16.4. The molecule has 2 aromatic carbocycles. The Balaban J connectivity index is 1.71. The van der Waals surface area contributed by atoms with E-state index in [1.807, 2.05) is 24.3 Å². The third kappa shape index (κ3) is 4.76. The number of nitrogens with zero attached hydrogens (tertiary/aromatic N) is 4. The van der Waals surface area contributed by atoms with Crippen LogP contribution >= 0.6 is 0 Å². The molecule has 4 N–H and O–H groups in total. The van der Waals surface area contributed by atoms with Crippen LogP contribution in [0, 0.1) is 0 Å². The molecule has 34 heavy (non-hydrogen) atoms. The summed E-state index contributed by atoms with van der Waals surface area (Å²) in [5.41, 5.74) is 15.1. The summed E-state index contributed by atoms with van der Waals surface area (Å²) in [5.74, 6) is 0.0111. The predicted octanol–water partition coefficient (Wildman–Crippen LogP) is 3.08. The maximum Gasteiger partial charge on any atom is 0.411 e. The van der Waals surface area contributed by atoms with Crippen molar-refractivity contribution < 1.29 is 18.8 Å². The van der Waals surface area contributed by atoms with E-state index in [1.54, 1.807) is 44.4 Å². The number of rotatable bonds is 6. The molecule has 10 heteroatoms. The third-order valence-electron chi connectivity index (χ3n) is 5.00. The Bertz CT molecular complexity index is 1330. The molecule has 0 fully saturated rings. The molecule has 4 aromatic rings. The van der Waals surface area contributed by atoms with Crippen LogP contribution in [0.2, 0.25) is 0 Å². The number of benzene rings is 2. The number of aromatic nitrogens is 3. The summed E-state index contributed by atoms with van der Waals surface area (Å²) in [4.78, 5) is 33.8. The van der Waals surface area contributed by atoms with Gasteiger partial charge in [-0.3, -0.25) is 4.79 Å². The molecule has 2 aromatic heterocycles. The molecular weight excluding hydrogens is 436 g/mol. The van der Waals surface area contributed by atoms with Gasteiger partial charge in [-0.1, -0.05) is 41.6 Å². The average molecular weight is 458 g/mol. The minimum atomic E-state index is -1.04. The molecule has 10 nitrogen and oxygen atoms in total. The van der Waals surface area contributed by atoms with Crippen LogP contribution in [0.3, 0.4) is 0 Å². The molecule has 0 bridgehead atoms. The van der Waals surface area contributed by atoms with E-state index in [-0.39, 0.29) is 23.2 Å². The van der Waals surface area contributed by atoms with E-state index in [9.17, 15) is 9.59 Å². The first-order valence-corrected chi connectivity index (χ1v) is 10.3. The fourth-order valence-electron chi connectivity index (χ4n) is 3.22. The molecule has 2 heterocycles. The van der Waals surface area contributed by atoms with Gasteiger partial charge in [-0.05, 0) is 17.7 Å². The van der Waals surface area contributed by atoms with Crippen molar-refractivity contribution >= 4 is 12.0 Å². The SMILES string of the molecule is CN(C)C(=O)c1ccc(-c2cnc(OC(N)=O)c(-c3cc(-c4ccc(CN)cc4)no3)n2)cc1. The van der Waals surface area contributed by atoms with E-state index in [2.05, 4.69) is 15.1 Å². The van der Waals surface area contributed by atoms with Crippen molar-refractivity contribution in [1.82, 2.24) is 20.0 Å². The largest absolute Gasteiger partial charge is 0.411 e. The zero-order chi connectivity index (χ0) is 24.2. The summed E-state index contributed by atoms with van der Waals surface area (Å²) in [6.45, 7) is 0.435. The van der Waals surface area contributed by atoms with E-state index in [0.717, 1.165) is 11.1 Å². The van der Waals surface area contributed by atoms with Gasteiger partial charge in [0, 0.05) is 43.4 Å². The second-order valence-corrected chi connectivity index (χ2v) is 7.58. The zero-order valence-electron chi connectivity index (χ0n) is 18.6. The average Bonchev–Trinajstić information content (AvgIpc) is 3.34. The zero-order valence-corrected chi connectivity index (χ0v) is 18.6. The Kier molecular flexibility index (Phi) is 6.33. The Morgan fingerprint density at radius 3 is 2.26 bits per heavy atom. The second kappa shape index (κ2) is 9.51. The van der Waals surface area contributed by atoms with Crippen LogP contribution < -0.4 is 16.2 Å². The van der Waals surface area contributed by atoms with Crippen LogP contribution in [0.15, 0.2) is 65.3 Å². The summed E-state index contributed by atoms with van der Waals surface area (Å²) in [6, 6.07) is 16.1. The number of hydrogen-bond donors (Lipinski definition) is 2. The lowest BCUT2D eigenvalue weighted by atomic mass is 10.1. The highest BCUT2D eigenvalue weighted by atomic mass is 16.6. The fraction of sp³-hybridized carbons (Fsp3) is 0.125. The fourth-order valence-corrected chi connectivity index (χ4v) is 3.22. The molecular formula is C24H22N6O4. The molecule has 0 aliphatic heterocycles. The molecule has 4 rings (SSSR count). The van der Waals surface area contributed by atoms with Crippen molar-refractivity contribution in [1.29, 1.82) is 0 Å². The number of carbonyl (C=O) groups is 2. The van der Waals surface area contributed by atoms with Crippen molar-refractivity contribution in [2.75, 3.05) is 14.1 Å². The third-order valence-corrected chi connectivity index (χ3v) is 5.00. The van der Waals surface area contributed by atoms with Crippen LogP contribution in [0.25, 0.3) is 34.0 Å². The Morgan fingerprint density at radius 2 is 1.65 bits per heavy atom. The van der Waals surface area contributed by atoms with Crippen molar-refractivity contribution in [2.45, 2.75) is 6.54 Å². The van der Waals surface area contributed by atoms with Gasteiger partial charge in [0.15, 0.2) is 11.5 Å². The Hall–Kier alpha value is -4.57. The highest BCUT2D eigenvalue weighted by molar-refractivity contribution is 5.94. The van der Waals surface area contributed by atoms with Gasteiger partial charge < -0.3 is 25.6 Å². The van der Waals surface area contributed by atoms with Gasteiger partial charge in [-0.2, -0.15) is 0 Å². The van der Waals surface area contributed by atoms with Crippen molar-refractivity contribution in [3.63, 3.8) is 0 Å². The summed E-state index contributed by atoms with van der Waals surface area (Å²) >= 11 is 0. The smallest absolute Gasteiger partial charge is 0.389 e. The van der Waals surface area contributed by atoms with Crippen LogP contribution in [0.5, 0.6) is 5.88 Å². The normalized spacial score (nSPS) is 10.7. The summed E-state index contributed by atoms with van der Waals surface area (Å²) in [6.07, 6.45) is 0.403. The lowest BCUT2D eigenvalue weighted by molar-refractivity contribution is 0.0827.